The summed E-state index contributed by atoms with van der Waals surface area (Å²) in [7, 11) is 0. The predicted molar refractivity (Wildman–Crippen MR) is 83.2 cm³/mol. The van der Waals surface area contributed by atoms with Crippen molar-refractivity contribution in [3.8, 4) is 0 Å². The van der Waals surface area contributed by atoms with Crippen molar-refractivity contribution in [2.75, 3.05) is 10.6 Å². The van der Waals surface area contributed by atoms with Crippen LogP contribution in [0.25, 0.3) is 0 Å². The van der Waals surface area contributed by atoms with Gasteiger partial charge >= 0.3 is 0 Å². The van der Waals surface area contributed by atoms with Crippen LogP contribution in [0.1, 0.15) is 0 Å². The van der Waals surface area contributed by atoms with Crippen LogP contribution >= 0.6 is 28.1 Å². The quantitative estimate of drug-likeness (QED) is 0.827. The van der Waals surface area contributed by atoms with Gasteiger partial charge in [-0.25, -0.2) is 0 Å². The second-order valence-electron chi connectivity index (χ2n) is 3.66. The van der Waals surface area contributed by atoms with Gasteiger partial charge in [0, 0.05) is 16.4 Å². The van der Waals surface area contributed by atoms with E-state index in [0.29, 0.717) is 11.4 Å². The fraction of sp³-hybridized carbons (Fsp3) is 0. The van der Waals surface area contributed by atoms with E-state index in [2.05, 4.69) is 31.5 Å². The number of halogens is 1. The molecule has 19 heavy (non-hydrogen) atoms. The summed E-state index contributed by atoms with van der Waals surface area (Å²) in [6.45, 7) is 0. The predicted octanol–water partition coefficient (Wildman–Crippen LogP) is 3.22. The lowest BCUT2D eigenvalue weighted by atomic mass is 10.3. The highest BCUT2D eigenvalue weighted by atomic mass is 79.9. The first kappa shape index (κ1) is 13.6. The molecule has 0 atom stereocenters. The lowest BCUT2D eigenvalue weighted by Gasteiger charge is -2.08. The van der Waals surface area contributed by atoms with Gasteiger partial charge in [-0.05, 0) is 36.4 Å². The highest BCUT2D eigenvalue weighted by Gasteiger charge is 2.09. The molecule has 0 spiro atoms. The average Bonchev–Trinajstić information content (AvgIpc) is 2.42. The number of nitrogens with zero attached hydrogens (tertiary/aromatic N) is 1. The van der Waals surface area contributed by atoms with E-state index in [4.69, 9.17) is 12.2 Å². The number of benzene rings is 1. The van der Waals surface area contributed by atoms with Gasteiger partial charge in [0.1, 0.15) is 0 Å². The summed E-state index contributed by atoms with van der Waals surface area (Å²) in [5, 5.41) is 5.53. The number of carbonyl (C=O) groups is 1. The Morgan fingerprint density at radius 2 is 1.84 bits per heavy atom. The molecule has 2 N–H and O–H groups in total. The number of anilines is 2. The van der Waals surface area contributed by atoms with Gasteiger partial charge in [0.15, 0.2) is 4.99 Å². The number of nitrogens with one attached hydrogen (secondary N) is 2. The lowest BCUT2D eigenvalue weighted by Crippen LogP contribution is -2.27. The van der Waals surface area contributed by atoms with Gasteiger partial charge in [0.25, 0.3) is 5.91 Å². The molecule has 0 saturated carbocycles. The third-order valence-corrected chi connectivity index (χ3v) is 3.04. The molecule has 0 saturated heterocycles. The first-order valence-electron chi connectivity index (χ1n) is 5.43. The van der Waals surface area contributed by atoms with E-state index in [9.17, 15) is 4.79 Å². The maximum Gasteiger partial charge on any atom is 0.283 e. The summed E-state index contributed by atoms with van der Waals surface area (Å²) >= 11 is 8.35. The van der Waals surface area contributed by atoms with Crippen LogP contribution in [0.3, 0.4) is 0 Å². The van der Waals surface area contributed by atoms with Crippen molar-refractivity contribution in [2.45, 2.75) is 0 Å². The van der Waals surface area contributed by atoms with Gasteiger partial charge in [-0.3, -0.25) is 9.78 Å². The molecule has 4 nitrogen and oxygen atoms in total. The van der Waals surface area contributed by atoms with E-state index in [1.54, 1.807) is 36.7 Å². The van der Waals surface area contributed by atoms with Crippen molar-refractivity contribution in [3.63, 3.8) is 0 Å². The minimum absolute atomic E-state index is 0.0934. The molecule has 1 amide bonds. The normalized spacial score (nSPS) is 9.74. The Hall–Kier alpha value is -1.79. The van der Waals surface area contributed by atoms with Gasteiger partial charge < -0.3 is 10.6 Å². The first-order chi connectivity index (χ1) is 9.15. The van der Waals surface area contributed by atoms with Gasteiger partial charge in [-0.1, -0.05) is 28.1 Å². The maximum absolute atomic E-state index is 11.9. The molecule has 0 fully saturated rings. The third-order valence-electron chi connectivity index (χ3n) is 2.23. The molecule has 0 unspecified atom stereocenters. The zero-order valence-electron chi connectivity index (χ0n) is 9.76. The van der Waals surface area contributed by atoms with Crippen LogP contribution in [0.2, 0.25) is 0 Å². The van der Waals surface area contributed by atoms with Gasteiger partial charge in [-0.15, -0.1) is 0 Å². The smallest absolute Gasteiger partial charge is 0.283 e. The van der Waals surface area contributed by atoms with Gasteiger partial charge in [0.2, 0.25) is 0 Å². The lowest BCUT2D eigenvalue weighted by molar-refractivity contribution is -0.110. The number of carbonyl (C=O) groups excluding carboxylic acids is 1. The van der Waals surface area contributed by atoms with Crippen LogP contribution in [0.4, 0.5) is 11.4 Å². The van der Waals surface area contributed by atoms with E-state index < -0.39 is 0 Å². The molecular formula is C13H10BrN3OS. The Kier molecular flexibility index (Phi) is 4.59. The van der Waals surface area contributed by atoms with Crippen molar-refractivity contribution in [2.24, 2.45) is 0 Å². The van der Waals surface area contributed by atoms with Gasteiger partial charge in [-0.2, -0.15) is 0 Å². The van der Waals surface area contributed by atoms with E-state index in [1.807, 2.05) is 12.1 Å². The topological polar surface area (TPSA) is 54.0 Å². The Balaban J connectivity index is 1.96. The van der Waals surface area contributed by atoms with Crippen LogP contribution < -0.4 is 10.6 Å². The minimum atomic E-state index is -0.360. The van der Waals surface area contributed by atoms with Crippen molar-refractivity contribution in [1.82, 2.24) is 4.98 Å². The summed E-state index contributed by atoms with van der Waals surface area (Å²) in [4.78, 5) is 15.9. The molecule has 1 aromatic carbocycles. The Bertz CT molecular complexity index is 587. The summed E-state index contributed by atoms with van der Waals surface area (Å²) < 4.78 is 0.946. The maximum atomic E-state index is 11.9. The number of hydrogen-bond donors (Lipinski definition) is 2. The molecule has 1 heterocycles. The number of thiocarbonyl (C=S) groups is 1. The Morgan fingerprint density at radius 1 is 1.11 bits per heavy atom. The molecule has 6 heteroatoms. The fourth-order valence-electron chi connectivity index (χ4n) is 1.35. The standard InChI is InChI=1S/C13H10BrN3OS/c14-9-3-5-10(6-4-9)16-12(18)13(19)17-11-2-1-7-15-8-11/h1-8H,(H,16,18)(H,17,19). The van der Waals surface area contributed by atoms with Crippen LogP contribution in [-0.4, -0.2) is 15.9 Å². The summed E-state index contributed by atoms with van der Waals surface area (Å²) in [6, 6.07) is 10.8. The number of pyridine rings is 1. The van der Waals surface area contributed by atoms with Crippen LogP contribution in [-0.2, 0) is 4.79 Å². The second-order valence-corrected chi connectivity index (χ2v) is 4.98. The largest absolute Gasteiger partial charge is 0.341 e. The Labute approximate surface area is 124 Å². The highest BCUT2D eigenvalue weighted by molar-refractivity contribution is 9.10. The molecule has 2 rings (SSSR count). The van der Waals surface area contributed by atoms with Crippen LogP contribution in [0.15, 0.2) is 53.3 Å². The van der Waals surface area contributed by atoms with E-state index in [0.717, 1.165) is 4.47 Å². The van der Waals surface area contributed by atoms with Crippen LogP contribution in [0, 0.1) is 0 Å². The van der Waals surface area contributed by atoms with Crippen molar-refractivity contribution < 1.29 is 4.79 Å². The zero-order valence-corrected chi connectivity index (χ0v) is 12.2. The van der Waals surface area contributed by atoms with E-state index in [-0.39, 0.29) is 10.9 Å². The summed E-state index contributed by atoms with van der Waals surface area (Å²) in [5.41, 5.74) is 1.36. The highest BCUT2D eigenvalue weighted by Crippen LogP contribution is 2.14. The third kappa shape index (κ3) is 4.11. The van der Waals surface area contributed by atoms with E-state index >= 15 is 0 Å². The monoisotopic (exact) mass is 335 g/mol. The van der Waals surface area contributed by atoms with E-state index in [1.165, 1.54) is 0 Å². The van der Waals surface area contributed by atoms with Gasteiger partial charge in [0.05, 0.1) is 11.9 Å². The molecule has 0 bridgehead atoms. The number of aromatic nitrogens is 1. The van der Waals surface area contributed by atoms with Crippen molar-refractivity contribution in [3.05, 3.63) is 53.3 Å². The molecule has 96 valence electrons. The SMILES string of the molecule is O=C(Nc1ccc(Br)cc1)C(=S)Nc1cccnc1. The molecule has 0 aliphatic rings. The fourth-order valence-corrected chi connectivity index (χ4v) is 1.78. The summed E-state index contributed by atoms with van der Waals surface area (Å²) in [5.74, 6) is -0.360. The molecular weight excluding hydrogens is 326 g/mol. The number of hydrogen-bond acceptors (Lipinski definition) is 3. The number of amides is 1. The average molecular weight is 336 g/mol. The Morgan fingerprint density at radius 3 is 2.47 bits per heavy atom. The number of rotatable bonds is 2. The molecule has 0 aliphatic heterocycles. The van der Waals surface area contributed by atoms with Crippen LogP contribution in [0.5, 0.6) is 0 Å². The zero-order chi connectivity index (χ0) is 13.7. The second kappa shape index (κ2) is 6.40. The first-order valence-corrected chi connectivity index (χ1v) is 6.63. The molecule has 2 aromatic rings. The molecule has 0 aliphatic carbocycles. The minimum Gasteiger partial charge on any atom is -0.341 e. The van der Waals surface area contributed by atoms with Crippen molar-refractivity contribution in [1.29, 1.82) is 0 Å². The molecule has 1 aromatic heterocycles. The molecule has 0 radical (unpaired) electrons. The summed E-state index contributed by atoms with van der Waals surface area (Å²) in [6.07, 6.45) is 3.25. The van der Waals surface area contributed by atoms with Crippen molar-refractivity contribution >= 4 is 50.4 Å².